The first-order valence-corrected chi connectivity index (χ1v) is 7.00. The number of hydrogen-bond donors (Lipinski definition) is 2. The molecule has 0 bridgehead atoms. The zero-order chi connectivity index (χ0) is 12.8. The van der Waals surface area contributed by atoms with E-state index in [1.165, 1.54) is 12.3 Å². The summed E-state index contributed by atoms with van der Waals surface area (Å²) in [6.07, 6.45) is 3.43. The molecule has 0 radical (unpaired) electrons. The number of thioether (sulfide) groups is 1. The fourth-order valence-corrected chi connectivity index (χ4v) is 2.19. The summed E-state index contributed by atoms with van der Waals surface area (Å²) in [6, 6.07) is 1.48. The van der Waals surface area contributed by atoms with Crippen molar-refractivity contribution in [2.75, 3.05) is 24.3 Å². The second-order valence-electron chi connectivity index (χ2n) is 3.86. The lowest BCUT2D eigenvalue weighted by molar-refractivity contribution is 0.0950. The summed E-state index contributed by atoms with van der Waals surface area (Å²) >= 11 is 7.48. The molecule has 1 unspecified atom stereocenters. The Morgan fingerprint density at radius 1 is 1.71 bits per heavy atom. The third-order valence-corrected chi connectivity index (χ3v) is 3.32. The van der Waals surface area contributed by atoms with Crippen molar-refractivity contribution >= 4 is 35.0 Å². The minimum absolute atomic E-state index is 0.209. The number of pyridine rings is 1. The van der Waals surface area contributed by atoms with Gasteiger partial charge >= 0.3 is 0 Å². The molecule has 1 amide bonds. The van der Waals surface area contributed by atoms with Gasteiger partial charge in [-0.15, -0.1) is 0 Å². The first kappa shape index (κ1) is 14.1. The Bertz CT molecular complexity index is 400. The molecule has 0 aromatic carbocycles. The molecule has 1 rings (SSSR count). The summed E-state index contributed by atoms with van der Waals surface area (Å²) in [5, 5.41) is 3.10. The number of hydrogen-bond acceptors (Lipinski definition) is 4. The van der Waals surface area contributed by atoms with Gasteiger partial charge in [-0.1, -0.05) is 18.5 Å². The van der Waals surface area contributed by atoms with E-state index in [1.54, 1.807) is 11.8 Å². The minimum atomic E-state index is -0.209. The molecule has 1 aromatic rings. The highest BCUT2D eigenvalue weighted by Crippen LogP contribution is 2.14. The van der Waals surface area contributed by atoms with Crippen LogP contribution >= 0.6 is 23.4 Å². The first-order chi connectivity index (χ1) is 8.04. The summed E-state index contributed by atoms with van der Waals surface area (Å²) in [7, 11) is 0. The molecule has 6 heteroatoms. The molecule has 1 aromatic heterocycles. The van der Waals surface area contributed by atoms with Gasteiger partial charge in [0.15, 0.2) is 0 Å². The van der Waals surface area contributed by atoms with Crippen LogP contribution < -0.4 is 11.1 Å². The Morgan fingerprint density at radius 3 is 3.06 bits per heavy atom. The number of nitrogens with two attached hydrogens (primary N) is 1. The van der Waals surface area contributed by atoms with Crippen LogP contribution in [0, 0.1) is 5.92 Å². The van der Waals surface area contributed by atoms with E-state index in [9.17, 15) is 4.79 Å². The molecular weight excluding hydrogens is 258 g/mol. The number of halogens is 1. The second kappa shape index (κ2) is 6.71. The standard InChI is InChI=1S/C11H16ClN3OS/c1-7(6-17-2)4-15-11(16)8-3-10(12)14-5-9(8)13/h3,5,7H,4,6,13H2,1-2H3,(H,15,16). The lowest BCUT2D eigenvalue weighted by atomic mass is 10.2. The van der Waals surface area contributed by atoms with Crippen LogP contribution in [-0.2, 0) is 0 Å². The Kier molecular flexibility index (Phi) is 5.58. The van der Waals surface area contributed by atoms with Crippen molar-refractivity contribution < 1.29 is 4.79 Å². The van der Waals surface area contributed by atoms with Crippen LogP contribution in [0.3, 0.4) is 0 Å². The van der Waals surface area contributed by atoms with Crippen LogP contribution in [0.4, 0.5) is 5.69 Å². The highest BCUT2D eigenvalue weighted by Gasteiger charge is 2.11. The van der Waals surface area contributed by atoms with Gasteiger partial charge in [-0.2, -0.15) is 11.8 Å². The highest BCUT2D eigenvalue weighted by atomic mass is 35.5. The summed E-state index contributed by atoms with van der Waals surface area (Å²) < 4.78 is 0. The summed E-state index contributed by atoms with van der Waals surface area (Å²) in [5.41, 5.74) is 6.38. The fraction of sp³-hybridized carbons (Fsp3) is 0.455. The quantitative estimate of drug-likeness (QED) is 0.806. The molecule has 3 N–H and O–H groups in total. The molecule has 0 aliphatic carbocycles. The minimum Gasteiger partial charge on any atom is -0.397 e. The fourth-order valence-electron chi connectivity index (χ4n) is 1.34. The molecule has 1 atom stereocenters. The molecule has 94 valence electrons. The maximum Gasteiger partial charge on any atom is 0.253 e. The molecule has 0 saturated heterocycles. The average molecular weight is 274 g/mol. The van der Waals surface area contributed by atoms with Crippen molar-refractivity contribution in [2.24, 2.45) is 5.92 Å². The van der Waals surface area contributed by atoms with Crippen molar-refractivity contribution in [2.45, 2.75) is 6.92 Å². The van der Waals surface area contributed by atoms with E-state index in [-0.39, 0.29) is 11.1 Å². The number of carbonyl (C=O) groups excluding carboxylic acids is 1. The number of nitrogens with zero attached hydrogens (tertiary/aromatic N) is 1. The van der Waals surface area contributed by atoms with Crippen molar-refractivity contribution in [3.63, 3.8) is 0 Å². The predicted molar refractivity (Wildman–Crippen MR) is 73.5 cm³/mol. The van der Waals surface area contributed by atoms with E-state index in [1.807, 2.05) is 6.26 Å². The van der Waals surface area contributed by atoms with Gasteiger partial charge in [-0.25, -0.2) is 4.98 Å². The number of carbonyl (C=O) groups is 1. The largest absolute Gasteiger partial charge is 0.397 e. The van der Waals surface area contributed by atoms with Gasteiger partial charge in [0.2, 0.25) is 0 Å². The second-order valence-corrected chi connectivity index (χ2v) is 5.16. The molecule has 17 heavy (non-hydrogen) atoms. The molecule has 0 fully saturated rings. The maximum atomic E-state index is 11.8. The number of amides is 1. The highest BCUT2D eigenvalue weighted by molar-refractivity contribution is 7.98. The summed E-state index contributed by atoms with van der Waals surface area (Å²) in [5.74, 6) is 1.22. The van der Waals surface area contributed by atoms with E-state index >= 15 is 0 Å². The Morgan fingerprint density at radius 2 is 2.41 bits per heavy atom. The van der Waals surface area contributed by atoms with E-state index in [4.69, 9.17) is 17.3 Å². The van der Waals surface area contributed by atoms with Crippen LogP contribution in [0.15, 0.2) is 12.3 Å². The van der Waals surface area contributed by atoms with Crippen LogP contribution in [0.2, 0.25) is 5.15 Å². The number of anilines is 1. The van der Waals surface area contributed by atoms with E-state index in [0.717, 1.165) is 5.75 Å². The van der Waals surface area contributed by atoms with Crippen LogP contribution in [-0.4, -0.2) is 29.4 Å². The van der Waals surface area contributed by atoms with Crippen LogP contribution in [0.25, 0.3) is 0 Å². The van der Waals surface area contributed by atoms with Gasteiger partial charge in [-0.05, 0) is 24.0 Å². The number of nitrogens with one attached hydrogen (secondary N) is 1. The zero-order valence-electron chi connectivity index (χ0n) is 9.87. The molecule has 4 nitrogen and oxygen atoms in total. The van der Waals surface area contributed by atoms with Crippen molar-refractivity contribution in [1.82, 2.24) is 10.3 Å². The van der Waals surface area contributed by atoms with E-state index in [2.05, 4.69) is 17.2 Å². The van der Waals surface area contributed by atoms with Crippen LogP contribution in [0.1, 0.15) is 17.3 Å². The first-order valence-electron chi connectivity index (χ1n) is 5.22. The molecule has 0 aliphatic heterocycles. The Labute approximate surface area is 110 Å². The van der Waals surface area contributed by atoms with Gasteiger partial charge in [0, 0.05) is 6.54 Å². The number of nitrogen functional groups attached to an aromatic ring is 1. The predicted octanol–water partition coefficient (Wildman–Crippen LogP) is 2.05. The monoisotopic (exact) mass is 273 g/mol. The molecule has 0 aliphatic rings. The topological polar surface area (TPSA) is 68.0 Å². The van der Waals surface area contributed by atoms with Crippen LogP contribution in [0.5, 0.6) is 0 Å². The smallest absolute Gasteiger partial charge is 0.253 e. The Balaban J connectivity index is 2.61. The van der Waals surface area contributed by atoms with Crippen molar-refractivity contribution in [3.8, 4) is 0 Å². The SMILES string of the molecule is CSCC(C)CNC(=O)c1cc(Cl)ncc1N. The third-order valence-electron chi connectivity index (χ3n) is 2.21. The summed E-state index contributed by atoms with van der Waals surface area (Å²) in [4.78, 5) is 15.6. The van der Waals surface area contributed by atoms with E-state index in [0.29, 0.717) is 23.7 Å². The Hall–Kier alpha value is -0.940. The van der Waals surface area contributed by atoms with Gasteiger partial charge < -0.3 is 11.1 Å². The van der Waals surface area contributed by atoms with Gasteiger partial charge in [0.25, 0.3) is 5.91 Å². The molecule has 0 spiro atoms. The number of aromatic nitrogens is 1. The van der Waals surface area contributed by atoms with Gasteiger partial charge in [-0.3, -0.25) is 4.79 Å². The maximum absolute atomic E-state index is 11.8. The zero-order valence-corrected chi connectivity index (χ0v) is 11.4. The van der Waals surface area contributed by atoms with Gasteiger partial charge in [0.1, 0.15) is 5.15 Å². The molecule has 0 saturated carbocycles. The van der Waals surface area contributed by atoms with Crippen molar-refractivity contribution in [1.29, 1.82) is 0 Å². The lowest BCUT2D eigenvalue weighted by Gasteiger charge is -2.12. The van der Waals surface area contributed by atoms with E-state index < -0.39 is 0 Å². The lowest BCUT2D eigenvalue weighted by Crippen LogP contribution is -2.29. The molecule has 1 heterocycles. The normalized spacial score (nSPS) is 12.2. The third kappa shape index (κ3) is 4.44. The van der Waals surface area contributed by atoms with Crippen molar-refractivity contribution in [3.05, 3.63) is 23.0 Å². The summed E-state index contributed by atoms with van der Waals surface area (Å²) in [6.45, 7) is 2.71. The average Bonchev–Trinajstić information content (AvgIpc) is 2.29. The molecular formula is C11H16ClN3OS. The van der Waals surface area contributed by atoms with Gasteiger partial charge in [0.05, 0.1) is 17.4 Å². The number of rotatable bonds is 5.